The van der Waals surface area contributed by atoms with Gasteiger partial charge in [-0.2, -0.15) is 5.26 Å². The zero-order valence-electron chi connectivity index (χ0n) is 16.7. The van der Waals surface area contributed by atoms with Crippen LogP contribution in [0.15, 0.2) is 72.8 Å². The molecular formula is C26H22ClNO. The van der Waals surface area contributed by atoms with Crippen molar-refractivity contribution in [1.82, 2.24) is 0 Å². The molecule has 4 rings (SSSR count). The summed E-state index contributed by atoms with van der Waals surface area (Å²) in [6.07, 6.45) is 1.84. The Kier molecular flexibility index (Phi) is 5.04. The number of halogens is 1. The minimum atomic E-state index is -0.656. The number of nitrogens with zero attached hydrogens (tertiary/aromatic N) is 1. The minimum Gasteiger partial charge on any atom is -0.351 e. The van der Waals surface area contributed by atoms with Crippen molar-refractivity contribution in [1.29, 1.82) is 5.26 Å². The molecule has 1 aliphatic rings. The number of rotatable bonds is 4. The van der Waals surface area contributed by atoms with Gasteiger partial charge in [0.1, 0.15) is 11.7 Å². The second kappa shape index (κ2) is 7.52. The van der Waals surface area contributed by atoms with Gasteiger partial charge in [-0.1, -0.05) is 71.8 Å². The van der Waals surface area contributed by atoms with Crippen LogP contribution in [0.2, 0.25) is 5.02 Å². The van der Waals surface area contributed by atoms with E-state index in [0.29, 0.717) is 10.6 Å². The molecule has 0 bridgehead atoms. The summed E-state index contributed by atoms with van der Waals surface area (Å²) in [6, 6.07) is 24.2. The molecule has 0 aromatic heterocycles. The summed E-state index contributed by atoms with van der Waals surface area (Å²) < 4.78 is 6.40. The molecule has 2 atom stereocenters. The summed E-state index contributed by atoms with van der Waals surface area (Å²) in [6.45, 7) is 6.36. The molecule has 2 nitrogen and oxygen atoms in total. The normalized spacial score (nSPS) is 20.9. The van der Waals surface area contributed by atoms with Gasteiger partial charge in [-0.3, -0.25) is 0 Å². The van der Waals surface area contributed by atoms with Gasteiger partial charge >= 0.3 is 0 Å². The summed E-state index contributed by atoms with van der Waals surface area (Å²) in [5, 5.41) is 10.5. The molecule has 3 aromatic carbocycles. The monoisotopic (exact) mass is 399 g/mol. The van der Waals surface area contributed by atoms with Crippen molar-refractivity contribution in [2.45, 2.75) is 32.5 Å². The lowest BCUT2D eigenvalue weighted by Gasteiger charge is -2.14. The maximum absolute atomic E-state index is 9.88. The largest absolute Gasteiger partial charge is 0.351 e. The quantitative estimate of drug-likeness (QED) is 0.355. The fraction of sp³-hybridized carbons (Fsp3) is 0.192. The van der Waals surface area contributed by atoms with Crippen molar-refractivity contribution in [2.75, 3.05) is 0 Å². The van der Waals surface area contributed by atoms with E-state index >= 15 is 0 Å². The van der Waals surface area contributed by atoms with E-state index in [-0.39, 0.29) is 6.10 Å². The zero-order valence-corrected chi connectivity index (χ0v) is 17.5. The molecule has 0 aliphatic carbocycles. The summed E-state index contributed by atoms with van der Waals surface area (Å²) in [5.41, 5.74) is 6.66. The Morgan fingerprint density at radius 3 is 2.21 bits per heavy atom. The Balaban J connectivity index is 1.85. The first-order valence-corrected chi connectivity index (χ1v) is 10.0. The highest BCUT2D eigenvalue weighted by molar-refractivity contribution is 6.30. The molecule has 0 amide bonds. The Morgan fingerprint density at radius 2 is 1.62 bits per heavy atom. The number of aryl methyl sites for hydroxylation is 3. The van der Waals surface area contributed by atoms with Crippen molar-refractivity contribution < 1.29 is 4.74 Å². The zero-order chi connectivity index (χ0) is 20.6. The second-order valence-corrected chi connectivity index (χ2v) is 8.08. The Hall–Kier alpha value is -2.86. The fourth-order valence-electron chi connectivity index (χ4n) is 4.17. The van der Waals surface area contributed by atoms with Crippen LogP contribution in [-0.4, -0.2) is 0 Å². The lowest BCUT2D eigenvalue weighted by atomic mass is 9.85. The summed E-state index contributed by atoms with van der Waals surface area (Å²) in [4.78, 5) is 0. The van der Waals surface area contributed by atoms with E-state index < -0.39 is 5.60 Å². The predicted octanol–water partition coefficient (Wildman–Crippen LogP) is 6.84. The first-order valence-electron chi connectivity index (χ1n) is 9.64. The summed E-state index contributed by atoms with van der Waals surface area (Å²) in [5.74, 6) is 0. The number of nitriles is 1. The first-order chi connectivity index (χ1) is 13.9. The summed E-state index contributed by atoms with van der Waals surface area (Å²) >= 11 is 6.02. The molecule has 1 heterocycles. The maximum Gasteiger partial charge on any atom is 0.144 e. The van der Waals surface area contributed by atoms with Gasteiger partial charge in [0, 0.05) is 5.02 Å². The minimum absolute atomic E-state index is 0.124. The van der Waals surface area contributed by atoms with E-state index in [1.54, 1.807) is 12.1 Å². The van der Waals surface area contributed by atoms with Crippen molar-refractivity contribution in [3.63, 3.8) is 0 Å². The third-order valence-corrected chi connectivity index (χ3v) is 5.76. The van der Waals surface area contributed by atoms with Gasteiger partial charge in [0.25, 0.3) is 0 Å². The highest BCUT2D eigenvalue weighted by Gasteiger charge is 2.58. The van der Waals surface area contributed by atoms with Crippen molar-refractivity contribution in [3.8, 4) is 6.07 Å². The van der Waals surface area contributed by atoms with Crippen LogP contribution in [0.1, 0.15) is 39.5 Å². The average Bonchev–Trinajstić information content (AvgIpc) is 3.41. The number of hydrogen-bond donors (Lipinski definition) is 0. The molecule has 1 fully saturated rings. The van der Waals surface area contributed by atoms with Crippen LogP contribution in [0.3, 0.4) is 0 Å². The molecule has 0 radical (unpaired) electrons. The van der Waals surface area contributed by atoms with Crippen LogP contribution in [0, 0.1) is 32.1 Å². The van der Waals surface area contributed by atoms with Gasteiger partial charge in [-0.15, -0.1) is 0 Å². The van der Waals surface area contributed by atoms with Gasteiger partial charge in [0.2, 0.25) is 0 Å². The fourth-order valence-corrected chi connectivity index (χ4v) is 4.30. The third-order valence-electron chi connectivity index (χ3n) is 5.50. The van der Waals surface area contributed by atoms with Crippen LogP contribution < -0.4 is 0 Å². The van der Waals surface area contributed by atoms with Gasteiger partial charge in [0.15, 0.2) is 0 Å². The number of ether oxygens (including phenoxy) is 1. The van der Waals surface area contributed by atoms with E-state index in [4.69, 9.17) is 16.3 Å². The molecule has 0 spiro atoms. The van der Waals surface area contributed by atoms with Gasteiger partial charge < -0.3 is 4.74 Å². The van der Waals surface area contributed by atoms with Gasteiger partial charge in [0.05, 0.1) is 11.6 Å². The summed E-state index contributed by atoms with van der Waals surface area (Å²) in [7, 11) is 0. The van der Waals surface area contributed by atoms with Gasteiger partial charge in [-0.05, 0) is 66.8 Å². The Bertz CT molecular complexity index is 1100. The second-order valence-electron chi connectivity index (χ2n) is 7.65. The maximum atomic E-state index is 9.88. The molecule has 1 saturated heterocycles. The van der Waals surface area contributed by atoms with E-state index in [0.717, 1.165) is 11.1 Å². The van der Waals surface area contributed by atoms with E-state index in [1.807, 2.05) is 36.4 Å². The number of benzene rings is 3. The van der Waals surface area contributed by atoms with Crippen LogP contribution in [0.4, 0.5) is 0 Å². The first kappa shape index (κ1) is 19.5. The van der Waals surface area contributed by atoms with E-state index in [9.17, 15) is 5.26 Å². The lowest BCUT2D eigenvalue weighted by molar-refractivity contribution is 0.335. The number of epoxide rings is 1. The Morgan fingerprint density at radius 1 is 1.00 bits per heavy atom. The molecule has 0 unspecified atom stereocenters. The highest BCUT2D eigenvalue weighted by atomic mass is 35.5. The van der Waals surface area contributed by atoms with Crippen molar-refractivity contribution in [3.05, 3.63) is 111 Å². The van der Waals surface area contributed by atoms with Crippen LogP contribution in [0.25, 0.3) is 5.57 Å². The molecule has 29 heavy (non-hydrogen) atoms. The van der Waals surface area contributed by atoms with Crippen LogP contribution >= 0.6 is 11.6 Å². The smallest absolute Gasteiger partial charge is 0.144 e. The molecule has 0 N–H and O–H groups in total. The number of hydrogen-bond acceptors (Lipinski definition) is 2. The molecular weight excluding hydrogens is 378 g/mol. The molecule has 3 aromatic rings. The van der Waals surface area contributed by atoms with Crippen molar-refractivity contribution >= 4 is 17.2 Å². The van der Waals surface area contributed by atoms with E-state index in [1.165, 1.54) is 22.3 Å². The lowest BCUT2D eigenvalue weighted by Crippen LogP contribution is -2.09. The highest BCUT2D eigenvalue weighted by Crippen LogP contribution is 2.60. The molecule has 1 aliphatic heterocycles. The predicted molar refractivity (Wildman–Crippen MR) is 118 cm³/mol. The SMILES string of the molecule is Cc1cc(C)c([C@H]2O[C@@]2(/C=C(\C#N)c2ccc(Cl)cc2)c2ccccc2)c(C)c1. The molecule has 144 valence electrons. The topological polar surface area (TPSA) is 36.3 Å². The van der Waals surface area contributed by atoms with Gasteiger partial charge in [-0.25, -0.2) is 0 Å². The third kappa shape index (κ3) is 3.60. The number of allylic oxidation sites excluding steroid dienone is 1. The van der Waals surface area contributed by atoms with Crippen LogP contribution in [-0.2, 0) is 10.3 Å². The average molecular weight is 400 g/mol. The van der Waals surface area contributed by atoms with Crippen LogP contribution in [0.5, 0.6) is 0 Å². The van der Waals surface area contributed by atoms with E-state index in [2.05, 4.69) is 51.1 Å². The van der Waals surface area contributed by atoms with Crippen molar-refractivity contribution in [2.24, 2.45) is 0 Å². The standard InChI is InChI=1S/C26H22ClNO/c1-17-13-18(2)24(19(3)14-17)25-26(29-25,22-7-5-4-6-8-22)15-21(16-28)20-9-11-23(27)12-10-20/h4-15,25H,1-3H3/b21-15+/t25-,26+/m1/s1. The Labute approximate surface area is 177 Å². The molecule has 3 heteroatoms. The molecule has 0 saturated carbocycles.